The largest absolute Gasteiger partial charge is 0.444 e. The average Bonchev–Trinajstić information content (AvgIpc) is 2.16. The predicted octanol–water partition coefficient (Wildman–Crippen LogP) is 1.65. The molecule has 1 amide bonds. The molecule has 102 valence electrons. The van der Waals surface area contributed by atoms with E-state index in [0.717, 1.165) is 0 Å². The molecule has 2 fully saturated rings. The van der Waals surface area contributed by atoms with Crippen molar-refractivity contribution >= 4 is 11.9 Å². The van der Waals surface area contributed by atoms with Gasteiger partial charge in [0.15, 0.2) is 0 Å². The molecular weight excluding hydrogens is 234 g/mol. The number of Topliss-reactive ketones (excluding diaryl/α,β-unsaturated/α-hetero) is 1. The van der Waals surface area contributed by atoms with Crippen molar-refractivity contribution in [3.8, 4) is 0 Å². The highest BCUT2D eigenvalue weighted by Crippen LogP contribution is 2.44. The Hall–Kier alpha value is -1.10. The van der Waals surface area contributed by atoms with Crippen LogP contribution in [0.5, 0.6) is 0 Å². The molecule has 5 heteroatoms. The molecule has 0 aromatic carbocycles. The van der Waals surface area contributed by atoms with E-state index in [1.165, 1.54) is 0 Å². The normalized spacial score (nSPS) is 31.9. The van der Waals surface area contributed by atoms with Gasteiger partial charge in [-0.15, -0.1) is 0 Å². The van der Waals surface area contributed by atoms with E-state index in [0.29, 0.717) is 32.5 Å². The second kappa shape index (κ2) is 4.53. The van der Waals surface area contributed by atoms with Crippen LogP contribution in [-0.4, -0.2) is 36.7 Å². The van der Waals surface area contributed by atoms with E-state index >= 15 is 0 Å². The SMILES string of the molecule is CC(C)(C)OC(=O)NC1CC2(COCCC2=O)C1. The lowest BCUT2D eigenvalue weighted by molar-refractivity contribution is -0.150. The number of nitrogens with one attached hydrogen (secondary N) is 1. The molecule has 2 rings (SSSR count). The first-order valence-electron chi connectivity index (χ1n) is 6.41. The van der Waals surface area contributed by atoms with E-state index in [9.17, 15) is 9.59 Å². The molecule has 0 unspecified atom stereocenters. The summed E-state index contributed by atoms with van der Waals surface area (Å²) >= 11 is 0. The summed E-state index contributed by atoms with van der Waals surface area (Å²) in [6, 6.07) is 0.0329. The molecule has 1 saturated heterocycles. The number of rotatable bonds is 1. The second-order valence-corrected chi connectivity index (χ2v) is 6.26. The van der Waals surface area contributed by atoms with E-state index in [1.54, 1.807) is 0 Å². The van der Waals surface area contributed by atoms with Crippen LogP contribution in [0.3, 0.4) is 0 Å². The maximum atomic E-state index is 11.8. The van der Waals surface area contributed by atoms with Crippen LogP contribution in [0.15, 0.2) is 0 Å². The Bertz CT molecular complexity index is 352. The summed E-state index contributed by atoms with van der Waals surface area (Å²) < 4.78 is 10.5. The highest BCUT2D eigenvalue weighted by atomic mass is 16.6. The van der Waals surface area contributed by atoms with Gasteiger partial charge in [-0.05, 0) is 33.6 Å². The number of hydrogen-bond acceptors (Lipinski definition) is 4. The Balaban J connectivity index is 1.79. The number of carbonyl (C=O) groups excluding carboxylic acids is 2. The lowest BCUT2D eigenvalue weighted by atomic mass is 9.62. The lowest BCUT2D eigenvalue weighted by Gasteiger charge is -2.48. The molecule has 1 heterocycles. The number of alkyl carbamates (subject to hydrolysis) is 1. The van der Waals surface area contributed by atoms with Gasteiger partial charge < -0.3 is 14.8 Å². The van der Waals surface area contributed by atoms with Crippen LogP contribution in [0.4, 0.5) is 4.79 Å². The summed E-state index contributed by atoms with van der Waals surface area (Å²) in [5.41, 5.74) is -0.826. The Morgan fingerprint density at radius 3 is 2.67 bits per heavy atom. The van der Waals surface area contributed by atoms with Gasteiger partial charge >= 0.3 is 6.09 Å². The molecule has 18 heavy (non-hydrogen) atoms. The molecule has 0 bridgehead atoms. The van der Waals surface area contributed by atoms with Crippen LogP contribution in [0.1, 0.15) is 40.0 Å². The summed E-state index contributed by atoms with van der Waals surface area (Å²) in [4.78, 5) is 23.4. The van der Waals surface area contributed by atoms with Gasteiger partial charge in [-0.25, -0.2) is 4.79 Å². The van der Waals surface area contributed by atoms with Crippen molar-refractivity contribution in [1.82, 2.24) is 5.32 Å². The molecule has 0 aromatic heterocycles. The molecule has 2 aliphatic rings. The van der Waals surface area contributed by atoms with E-state index < -0.39 is 11.7 Å². The smallest absolute Gasteiger partial charge is 0.407 e. The second-order valence-electron chi connectivity index (χ2n) is 6.26. The minimum atomic E-state index is -0.491. The molecule has 0 aromatic rings. The van der Waals surface area contributed by atoms with Crippen LogP contribution in [0.2, 0.25) is 0 Å². The Morgan fingerprint density at radius 2 is 2.11 bits per heavy atom. The van der Waals surface area contributed by atoms with Gasteiger partial charge in [-0.1, -0.05) is 0 Å². The number of amides is 1. The van der Waals surface area contributed by atoms with Crippen molar-refractivity contribution in [2.24, 2.45) is 5.41 Å². The Morgan fingerprint density at radius 1 is 1.44 bits per heavy atom. The third-order valence-electron chi connectivity index (χ3n) is 3.44. The van der Waals surface area contributed by atoms with E-state index in [2.05, 4.69) is 5.32 Å². The fourth-order valence-electron chi connectivity index (χ4n) is 2.58. The van der Waals surface area contributed by atoms with Crippen molar-refractivity contribution in [3.63, 3.8) is 0 Å². The van der Waals surface area contributed by atoms with E-state index in [-0.39, 0.29) is 17.2 Å². The highest BCUT2D eigenvalue weighted by molar-refractivity contribution is 5.87. The third kappa shape index (κ3) is 2.83. The summed E-state index contributed by atoms with van der Waals surface area (Å²) in [5.74, 6) is 0.274. The van der Waals surface area contributed by atoms with Gasteiger partial charge in [0.25, 0.3) is 0 Å². The first kappa shape index (κ1) is 13.3. The van der Waals surface area contributed by atoms with Gasteiger partial charge in [-0.2, -0.15) is 0 Å². The summed E-state index contributed by atoms with van der Waals surface area (Å²) in [6.07, 6.45) is 1.43. The van der Waals surface area contributed by atoms with E-state index in [1.807, 2.05) is 20.8 Å². The molecular formula is C13H21NO4. The fraction of sp³-hybridized carbons (Fsp3) is 0.846. The van der Waals surface area contributed by atoms with Gasteiger partial charge in [0.2, 0.25) is 0 Å². The minimum absolute atomic E-state index is 0.0329. The van der Waals surface area contributed by atoms with Crippen LogP contribution in [0, 0.1) is 5.41 Å². The predicted molar refractivity (Wildman–Crippen MR) is 65.3 cm³/mol. The molecule has 0 atom stereocenters. The van der Waals surface area contributed by atoms with Crippen molar-refractivity contribution in [2.75, 3.05) is 13.2 Å². The van der Waals surface area contributed by atoms with Crippen molar-refractivity contribution in [3.05, 3.63) is 0 Å². The zero-order chi connectivity index (χ0) is 13.4. The summed E-state index contributed by atoms with van der Waals surface area (Å²) in [7, 11) is 0. The van der Waals surface area contributed by atoms with Crippen LogP contribution < -0.4 is 5.32 Å². The van der Waals surface area contributed by atoms with Gasteiger partial charge in [0.05, 0.1) is 18.6 Å². The van der Waals surface area contributed by atoms with Gasteiger partial charge in [0.1, 0.15) is 11.4 Å². The minimum Gasteiger partial charge on any atom is -0.444 e. The van der Waals surface area contributed by atoms with Gasteiger partial charge in [0, 0.05) is 12.5 Å². The van der Waals surface area contributed by atoms with Crippen molar-refractivity contribution < 1.29 is 19.1 Å². The first-order valence-corrected chi connectivity index (χ1v) is 6.41. The Kier molecular flexibility index (Phi) is 3.36. The highest BCUT2D eigenvalue weighted by Gasteiger charge is 2.51. The molecule has 1 saturated carbocycles. The maximum Gasteiger partial charge on any atom is 0.407 e. The van der Waals surface area contributed by atoms with Crippen LogP contribution in [0.25, 0.3) is 0 Å². The topological polar surface area (TPSA) is 64.6 Å². The number of carbonyl (C=O) groups is 2. The molecule has 1 N–H and O–H groups in total. The first-order chi connectivity index (χ1) is 8.31. The number of ketones is 1. The molecule has 1 aliphatic heterocycles. The fourth-order valence-corrected chi connectivity index (χ4v) is 2.58. The zero-order valence-electron chi connectivity index (χ0n) is 11.2. The molecule has 5 nitrogen and oxygen atoms in total. The lowest BCUT2D eigenvalue weighted by Crippen LogP contribution is -2.58. The molecule has 1 spiro atoms. The average molecular weight is 255 g/mol. The standard InChI is InChI=1S/C13H21NO4/c1-12(2,3)18-11(16)14-9-6-13(7-9)8-17-5-4-10(13)15/h9H,4-8H2,1-3H3,(H,14,16). The molecule has 0 radical (unpaired) electrons. The third-order valence-corrected chi connectivity index (χ3v) is 3.44. The Labute approximate surface area is 107 Å². The summed E-state index contributed by atoms with van der Waals surface area (Å²) in [6.45, 7) is 6.51. The van der Waals surface area contributed by atoms with E-state index in [4.69, 9.17) is 9.47 Å². The zero-order valence-corrected chi connectivity index (χ0v) is 11.2. The monoisotopic (exact) mass is 255 g/mol. The van der Waals surface area contributed by atoms with Gasteiger partial charge in [-0.3, -0.25) is 4.79 Å². The quantitative estimate of drug-likeness (QED) is 0.773. The van der Waals surface area contributed by atoms with Crippen LogP contribution in [-0.2, 0) is 14.3 Å². The maximum absolute atomic E-state index is 11.8. The molecule has 1 aliphatic carbocycles. The van der Waals surface area contributed by atoms with Crippen molar-refractivity contribution in [2.45, 2.75) is 51.7 Å². The number of hydrogen-bond donors (Lipinski definition) is 1. The summed E-state index contributed by atoms with van der Waals surface area (Å²) in [5, 5.41) is 2.80. The van der Waals surface area contributed by atoms with Crippen molar-refractivity contribution in [1.29, 1.82) is 0 Å². The number of ether oxygens (including phenoxy) is 2. The van der Waals surface area contributed by atoms with Crippen LogP contribution >= 0.6 is 0 Å².